The van der Waals surface area contributed by atoms with Crippen molar-refractivity contribution in [1.82, 2.24) is 25.4 Å². The number of H-pyrrole nitrogens is 1. The number of carbonyl (C=O) groups is 2. The summed E-state index contributed by atoms with van der Waals surface area (Å²) in [5.41, 5.74) is 0. The summed E-state index contributed by atoms with van der Waals surface area (Å²) in [7, 11) is 1.29. The number of alkyl halides is 3. The average Bonchev–Trinajstić information content (AvgIpc) is 3.13. The highest BCUT2D eigenvalue weighted by Crippen LogP contribution is 2.37. The van der Waals surface area contributed by atoms with E-state index in [-0.39, 0.29) is 5.82 Å². The Morgan fingerprint density at radius 2 is 2.10 bits per heavy atom. The number of amides is 2. The van der Waals surface area contributed by atoms with E-state index in [1.54, 1.807) is 5.32 Å². The van der Waals surface area contributed by atoms with E-state index in [9.17, 15) is 22.8 Å². The van der Waals surface area contributed by atoms with Gasteiger partial charge in [-0.1, -0.05) is 0 Å². The van der Waals surface area contributed by atoms with E-state index in [2.05, 4.69) is 15.2 Å². The summed E-state index contributed by atoms with van der Waals surface area (Å²) in [6.07, 6.45) is -2.52. The molecule has 1 heterocycles. The lowest BCUT2D eigenvalue weighted by Gasteiger charge is -2.15. The lowest BCUT2D eigenvalue weighted by atomic mass is 10.4. The summed E-state index contributed by atoms with van der Waals surface area (Å²) in [6, 6.07) is 0. The first-order chi connectivity index (χ1) is 9.76. The summed E-state index contributed by atoms with van der Waals surface area (Å²) in [6.45, 7) is -1.93. The molecule has 0 bridgehead atoms. The van der Waals surface area contributed by atoms with E-state index in [1.807, 2.05) is 0 Å². The third-order valence-electron chi connectivity index (χ3n) is 2.87. The lowest BCUT2D eigenvalue weighted by molar-refractivity contribution is -0.138. The molecule has 2 amide bonds. The van der Waals surface area contributed by atoms with Crippen LogP contribution < -0.4 is 5.32 Å². The SMILES string of the molecule is CN(CC(=O)NCC(F)(F)F)C(=O)c1n[nH]c(C2CC2)n1. The van der Waals surface area contributed by atoms with Crippen LogP contribution in [0.4, 0.5) is 13.2 Å². The van der Waals surface area contributed by atoms with Gasteiger partial charge in [-0.2, -0.15) is 13.2 Å². The van der Waals surface area contributed by atoms with E-state index in [1.165, 1.54) is 7.05 Å². The van der Waals surface area contributed by atoms with Gasteiger partial charge in [0.05, 0.1) is 6.54 Å². The molecule has 1 fully saturated rings. The fourth-order valence-corrected chi connectivity index (χ4v) is 1.62. The van der Waals surface area contributed by atoms with Crippen LogP contribution in [-0.2, 0) is 4.79 Å². The summed E-state index contributed by atoms with van der Waals surface area (Å²) < 4.78 is 35.8. The number of likely N-dealkylation sites (N-methyl/N-ethyl adjacent to an activating group) is 1. The number of hydrogen-bond acceptors (Lipinski definition) is 4. The van der Waals surface area contributed by atoms with Gasteiger partial charge in [0.1, 0.15) is 12.4 Å². The predicted octanol–water partition coefficient (Wildman–Crippen LogP) is 0.433. The Morgan fingerprint density at radius 3 is 2.67 bits per heavy atom. The van der Waals surface area contributed by atoms with Gasteiger partial charge < -0.3 is 10.2 Å². The van der Waals surface area contributed by atoms with Gasteiger partial charge in [0, 0.05) is 13.0 Å². The van der Waals surface area contributed by atoms with Crippen LogP contribution >= 0.6 is 0 Å². The van der Waals surface area contributed by atoms with Gasteiger partial charge >= 0.3 is 6.18 Å². The van der Waals surface area contributed by atoms with Crippen molar-refractivity contribution in [3.05, 3.63) is 11.6 Å². The first-order valence-electron chi connectivity index (χ1n) is 6.27. The fourth-order valence-electron chi connectivity index (χ4n) is 1.62. The third kappa shape index (κ3) is 4.43. The molecule has 116 valence electrons. The van der Waals surface area contributed by atoms with Crippen LogP contribution in [0.3, 0.4) is 0 Å². The Labute approximate surface area is 117 Å². The average molecular weight is 305 g/mol. The van der Waals surface area contributed by atoms with Crippen LogP contribution in [0.15, 0.2) is 0 Å². The second-order valence-electron chi connectivity index (χ2n) is 4.87. The van der Waals surface area contributed by atoms with Gasteiger partial charge in [-0.25, -0.2) is 4.98 Å². The van der Waals surface area contributed by atoms with Crippen LogP contribution in [-0.4, -0.2) is 58.2 Å². The highest BCUT2D eigenvalue weighted by atomic mass is 19.4. The molecule has 0 saturated heterocycles. The monoisotopic (exact) mass is 305 g/mol. The number of carbonyl (C=O) groups excluding carboxylic acids is 2. The number of nitrogens with zero attached hydrogens (tertiary/aromatic N) is 3. The highest BCUT2D eigenvalue weighted by Gasteiger charge is 2.30. The molecule has 1 aliphatic rings. The molecule has 0 aromatic carbocycles. The molecule has 7 nitrogen and oxygen atoms in total. The van der Waals surface area contributed by atoms with Crippen molar-refractivity contribution in [2.45, 2.75) is 24.9 Å². The number of nitrogens with one attached hydrogen (secondary N) is 2. The first-order valence-corrected chi connectivity index (χ1v) is 6.27. The number of rotatable bonds is 5. The van der Waals surface area contributed by atoms with Gasteiger partial charge in [0.2, 0.25) is 11.7 Å². The molecule has 21 heavy (non-hydrogen) atoms. The zero-order valence-electron chi connectivity index (χ0n) is 11.2. The molecule has 1 aliphatic carbocycles. The quantitative estimate of drug-likeness (QED) is 0.825. The predicted molar refractivity (Wildman–Crippen MR) is 64.4 cm³/mol. The Hall–Kier alpha value is -2.13. The summed E-state index contributed by atoms with van der Waals surface area (Å²) >= 11 is 0. The number of halogens is 3. The number of hydrogen-bond donors (Lipinski definition) is 2. The van der Waals surface area contributed by atoms with Crippen molar-refractivity contribution >= 4 is 11.8 Å². The van der Waals surface area contributed by atoms with Crippen LogP contribution in [0.2, 0.25) is 0 Å². The van der Waals surface area contributed by atoms with E-state index < -0.39 is 31.1 Å². The minimum atomic E-state index is -4.48. The molecule has 0 aliphatic heterocycles. The van der Waals surface area contributed by atoms with Crippen LogP contribution in [0, 0.1) is 0 Å². The molecule has 0 radical (unpaired) electrons. The highest BCUT2D eigenvalue weighted by molar-refractivity contribution is 5.93. The largest absolute Gasteiger partial charge is 0.405 e. The van der Waals surface area contributed by atoms with Crippen molar-refractivity contribution in [2.24, 2.45) is 0 Å². The Bertz CT molecular complexity index is 538. The second kappa shape index (κ2) is 5.70. The minimum Gasteiger partial charge on any atom is -0.345 e. The maximum absolute atomic E-state index is 11.9. The Morgan fingerprint density at radius 1 is 1.43 bits per heavy atom. The first kappa shape index (κ1) is 15.3. The zero-order valence-corrected chi connectivity index (χ0v) is 11.2. The van der Waals surface area contributed by atoms with Crippen LogP contribution in [0.5, 0.6) is 0 Å². The third-order valence-corrected chi connectivity index (χ3v) is 2.87. The molecule has 10 heteroatoms. The molecule has 0 spiro atoms. The minimum absolute atomic E-state index is 0.0944. The van der Waals surface area contributed by atoms with Gasteiger partial charge in [-0.3, -0.25) is 14.7 Å². The van der Waals surface area contributed by atoms with Crippen LogP contribution in [0.25, 0.3) is 0 Å². The Balaban J connectivity index is 1.85. The van der Waals surface area contributed by atoms with Gasteiger partial charge in [-0.15, -0.1) is 5.10 Å². The van der Waals surface area contributed by atoms with Crippen LogP contribution in [0.1, 0.15) is 35.2 Å². The standard InChI is InChI=1S/C11H14F3N5O2/c1-19(4-7(20)15-5-11(12,13)14)10(21)9-16-8(17-18-9)6-2-3-6/h6H,2-5H2,1H3,(H,15,20)(H,16,17,18). The maximum Gasteiger partial charge on any atom is 0.405 e. The fraction of sp³-hybridized carbons (Fsp3) is 0.636. The molecular formula is C11H14F3N5O2. The van der Waals surface area contributed by atoms with E-state index in [4.69, 9.17) is 0 Å². The van der Waals surface area contributed by atoms with E-state index in [0.717, 1.165) is 17.7 Å². The van der Waals surface area contributed by atoms with E-state index >= 15 is 0 Å². The normalized spacial score (nSPS) is 14.9. The molecular weight excluding hydrogens is 291 g/mol. The molecule has 1 aromatic heterocycles. The maximum atomic E-state index is 11.9. The molecule has 0 atom stereocenters. The topological polar surface area (TPSA) is 91.0 Å². The second-order valence-corrected chi connectivity index (χ2v) is 4.87. The molecule has 0 unspecified atom stereocenters. The molecule has 1 aromatic rings. The van der Waals surface area contributed by atoms with Crippen molar-refractivity contribution in [2.75, 3.05) is 20.1 Å². The Kier molecular flexibility index (Phi) is 4.14. The number of aromatic amines is 1. The summed E-state index contributed by atoms with van der Waals surface area (Å²) in [5.74, 6) is -0.711. The van der Waals surface area contributed by atoms with Crippen molar-refractivity contribution in [3.8, 4) is 0 Å². The van der Waals surface area contributed by atoms with Crippen molar-refractivity contribution in [1.29, 1.82) is 0 Å². The van der Waals surface area contributed by atoms with Gasteiger partial charge in [0.25, 0.3) is 5.91 Å². The smallest absolute Gasteiger partial charge is 0.345 e. The van der Waals surface area contributed by atoms with Gasteiger partial charge in [-0.05, 0) is 12.8 Å². The van der Waals surface area contributed by atoms with Crippen molar-refractivity contribution in [3.63, 3.8) is 0 Å². The summed E-state index contributed by atoms with van der Waals surface area (Å²) in [5, 5.41) is 8.08. The summed E-state index contributed by atoms with van der Waals surface area (Å²) in [4.78, 5) is 28.2. The molecule has 1 saturated carbocycles. The van der Waals surface area contributed by atoms with Crippen molar-refractivity contribution < 1.29 is 22.8 Å². The lowest BCUT2D eigenvalue weighted by Crippen LogP contribution is -2.42. The van der Waals surface area contributed by atoms with Gasteiger partial charge in [0.15, 0.2) is 0 Å². The number of aromatic nitrogens is 3. The molecule has 2 N–H and O–H groups in total. The molecule has 2 rings (SSSR count). The van der Waals surface area contributed by atoms with E-state index in [0.29, 0.717) is 11.7 Å². The zero-order chi connectivity index (χ0) is 15.6.